The Morgan fingerprint density at radius 3 is 2.16 bits per heavy atom. The number of aryl methyl sites for hydroxylation is 1. The third kappa shape index (κ3) is 5.45. The Hall–Kier alpha value is -1.08. The zero-order valence-electron chi connectivity index (χ0n) is 16.3. The van der Waals surface area contributed by atoms with Crippen LogP contribution in [-0.2, 0) is 11.2 Å². The second kappa shape index (κ2) is 9.57. The number of ether oxygens (including phenoxy) is 1. The Morgan fingerprint density at radius 1 is 0.880 bits per heavy atom. The van der Waals surface area contributed by atoms with Crippen molar-refractivity contribution in [3.63, 3.8) is 0 Å². The molecular weight excluding hydrogens is 304 g/mol. The van der Waals surface area contributed by atoms with Crippen LogP contribution in [0.4, 0.5) is 0 Å². The maximum atomic E-state index is 6.20. The van der Waals surface area contributed by atoms with Crippen LogP contribution in [0.25, 0.3) is 0 Å². The summed E-state index contributed by atoms with van der Waals surface area (Å²) in [4.78, 5) is 0. The zero-order valence-corrected chi connectivity index (χ0v) is 16.3. The molecule has 2 atom stereocenters. The van der Waals surface area contributed by atoms with E-state index >= 15 is 0 Å². The molecular formula is C24H36O. The molecule has 2 unspecified atom stereocenters. The maximum Gasteiger partial charge on any atom is 0.0825 e. The molecule has 1 saturated heterocycles. The third-order valence-electron chi connectivity index (χ3n) is 6.33. The van der Waals surface area contributed by atoms with Crippen molar-refractivity contribution >= 4 is 0 Å². The Kier molecular flexibility index (Phi) is 7.16. The molecule has 0 radical (unpaired) electrons. The molecule has 3 rings (SSSR count). The number of allylic oxidation sites excluding steroid dienone is 1. The monoisotopic (exact) mass is 340 g/mol. The maximum absolute atomic E-state index is 6.20. The van der Waals surface area contributed by atoms with E-state index in [9.17, 15) is 0 Å². The van der Waals surface area contributed by atoms with E-state index in [0.717, 1.165) is 24.9 Å². The molecule has 1 aromatic carbocycles. The number of benzene rings is 1. The second-order valence-electron chi connectivity index (χ2n) is 8.22. The van der Waals surface area contributed by atoms with Crippen LogP contribution in [0.5, 0.6) is 0 Å². The van der Waals surface area contributed by atoms with Gasteiger partial charge in [-0.2, -0.15) is 0 Å². The van der Waals surface area contributed by atoms with Crippen LogP contribution in [-0.4, -0.2) is 6.61 Å². The average molecular weight is 341 g/mol. The van der Waals surface area contributed by atoms with Crippen LogP contribution in [0.3, 0.4) is 0 Å². The van der Waals surface area contributed by atoms with Gasteiger partial charge in [-0.05, 0) is 67.9 Å². The quantitative estimate of drug-likeness (QED) is 0.513. The Morgan fingerprint density at radius 2 is 1.56 bits per heavy atom. The summed E-state index contributed by atoms with van der Waals surface area (Å²) in [5, 5.41) is 0. The van der Waals surface area contributed by atoms with Crippen molar-refractivity contribution in [2.45, 2.75) is 77.7 Å². The molecule has 1 aromatic rings. The Bertz CT molecular complexity index is 514. The summed E-state index contributed by atoms with van der Waals surface area (Å²) in [5.41, 5.74) is 2.81. The van der Waals surface area contributed by atoms with Crippen LogP contribution >= 0.6 is 0 Å². The lowest BCUT2D eigenvalue weighted by atomic mass is 9.80. The van der Waals surface area contributed by atoms with Crippen molar-refractivity contribution in [1.29, 1.82) is 0 Å². The first-order chi connectivity index (χ1) is 12.3. The van der Waals surface area contributed by atoms with Gasteiger partial charge < -0.3 is 4.74 Å². The van der Waals surface area contributed by atoms with Gasteiger partial charge in [-0.25, -0.2) is 0 Å². The predicted molar refractivity (Wildman–Crippen MR) is 107 cm³/mol. The van der Waals surface area contributed by atoms with Crippen LogP contribution in [0, 0.1) is 17.8 Å². The van der Waals surface area contributed by atoms with Gasteiger partial charge in [0.1, 0.15) is 0 Å². The van der Waals surface area contributed by atoms with Crippen molar-refractivity contribution in [2.24, 2.45) is 17.8 Å². The summed E-state index contributed by atoms with van der Waals surface area (Å²) in [6, 6.07) is 9.11. The van der Waals surface area contributed by atoms with Gasteiger partial charge in [0.05, 0.1) is 12.7 Å². The highest BCUT2D eigenvalue weighted by molar-refractivity contribution is 5.24. The Balaban J connectivity index is 1.43. The highest BCUT2D eigenvalue weighted by Crippen LogP contribution is 2.34. The van der Waals surface area contributed by atoms with E-state index in [0.29, 0.717) is 12.0 Å². The third-order valence-corrected chi connectivity index (χ3v) is 6.33. The molecule has 1 aliphatic carbocycles. The summed E-state index contributed by atoms with van der Waals surface area (Å²) < 4.78 is 6.20. The Labute approximate surface area is 154 Å². The number of hydrogen-bond donors (Lipinski definition) is 0. The first-order valence-corrected chi connectivity index (χ1v) is 10.7. The average Bonchev–Trinajstić information content (AvgIpc) is 2.68. The lowest BCUT2D eigenvalue weighted by Gasteiger charge is -2.29. The van der Waals surface area contributed by atoms with Gasteiger partial charge in [0.2, 0.25) is 0 Å². The van der Waals surface area contributed by atoms with Crippen molar-refractivity contribution < 1.29 is 4.74 Å². The first-order valence-electron chi connectivity index (χ1n) is 10.7. The lowest BCUT2D eigenvalue weighted by molar-refractivity contribution is -0.00537. The molecule has 2 aliphatic rings. The highest BCUT2D eigenvalue weighted by Gasteiger charge is 2.22. The van der Waals surface area contributed by atoms with Gasteiger partial charge in [0.25, 0.3) is 0 Å². The van der Waals surface area contributed by atoms with Crippen molar-refractivity contribution in [1.82, 2.24) is 0 Å². The minimum absolute atomic E-state index is 0.306. The van der Waals surface area contributed by atoms with Crippen LogP contribution < -0.4 is 0 Å². The van der Waals surface area contributed by atoms with Crippen molar-refractivity contribution in [2.75, 3.05) is 6.61 Å². The molecule has 0 spiro atoms. The molecule has 25 heavy (non-hydrogen) atoms. The van der Waals surface area contributed by atoms with Gasteiger partial charge in [0, 0.05) is 5.92 Å². The highest BCUT2D eigenvalue weighted by atomic mass is 16.5. The summed E-state index contributed by atoms with van der Waals surface area (Å²) in [6.07, 6.45) is 17.1. The van der Waals surface area contributed by atoms with Crippen LogP contribution in [0.2, 0.25) is 0 Å². The summed E-state index contributed by atoms with van der Waals surface area (Å²) in [6.45, 7) is 5.47. The molecule has 0 aromatic heterocycles. The number of rotatable bonds is 6. The van der Waals surface area contributed by atoms with E-state index in [1.807, 2.05) is 0 Å². The molecule has 0 N–H and O–H groups in total. The van der Waals surface area contributed by atoms with E-state index in [4.69, 9.17) is 4.74 Å². The fourth-order valence-corrected chi connectivity index (χ4v) is 4.48. The zero-order chi connectivity index (χ0) is 17.5. The van der Waals surface area contributed by atoms with E-state index in [-0.39, 0.29) is 0 Å². The first kappa shape index (κ1) is 18.7. The van der Waals surface area contributed by atoms with Gasteiger partial charge in [-0.15, -0.1) is 0 Å². The van der Waals surface area contributed by atoms with E-state index < -0.39 is 0 Å². The second-order valence-corrected chi connectivity index (χ2v) is 8.22. The topological polar surface area (TPSA) is 9.23 Å². The van der Waals surface area contributed by atoms with Gasteiger partial charge in [0.15, 0.2) is 0 Å². The predicted octanol–water partition coefficient (Wildman–Crippen LogP) is 6.88. The summed E-state index contributed by atoms with van der Waals surface area (Å²) in [5.74, 6) is 2.44. The SMILES string of the molecule is CCCc1ccc(C2CCC(/C=C/C3CCC(CC)CC3)CO2)cc1. The fraction of sp³-hybridized carbons (Fsp3) is 0.667. The van der Waals surface area contributed by atoms with Gasteiger partial charge in [-0.1, -0.05) is 63.1 Å². The molecule has 1 heteroatoms. The van der Waals surface area contributed by atoms with Crippen molar-refractivity contribution in [3.05, 3.63) is 47.5 Å². The molecule has 1 nitrogen and oxygen atoms in total. The summed E-state index contributed by atoms with van der Waals surface area (Å²) in [7, 11) is 0. The van der Waals surface area contributed by atoms with E-state index in [1.165, 1.54) is 62.5 Å². The van der Waals surface area contributed by atoms with Crippen molar-refractivity contribution in [3.8, 4) is 0 Å². The van der Waals surface area contributed by atoms with E-state index in [2.05, 4.69) is 50.3 Å². The molecule has 0 amide bonds. The molecule has 0 bridgehead atoms. The standard InChI is InChI=1S/C24H36O/c1-3-5-20-12-15-23(16-13-20)24-17-14-22(18-25-24)11-10-21-8-6-19(4-2)7-9-21/h10-13,15-16,19,21-22,24H,3-9,14,17-18H2,1-2H3/b11-10+. The molecule has 138 valence electrons. The molecule has 2 fully saturated rings. The minimum Gasteiger partial charge on any atom is -0.373 e. The van der Waals surface area contributed by atoms with Gasteiger partial charge in [-0.3, -0.25) is 0 Å². The molecule has 1 aliphatic heterocycles. The van der Waals surface area contributed by atoms with Crippen LogP contribution in [0.1, 0.15) is 82.4 Å². The molecule has 1 saturated carbocycles. The number of hydrogen-bond acceptors (Lipinski definition) is 1. The molecule has 1 heterocycles. The normalized spacial score (nSPS) is 30.6. The van der Waals surface area contributed by atoms with E-state index in [1.54, 1.807) is 0 Å². The lowest BCUT2D eigenvalue weighted by Crippen LogP contribution is -2.20. The largest absolute Gasteiger partial charge is 0.373 e. The van der Waals surface area contributed by atoms with Gasteiger partial charge >= 0.3 is 0 Å². The van der Waals surface area contributed by atoms with Crippen LogP contribution in [0.15, 0.2) is 36.4 Å². The smallest absolute Gasteiger partial charge is 0.0825 e. The fourth-order valence-electron chi connectivity index (χ4n) is 4.48. The minimum atomic E-state index is 0.306. The summed E-state index contributed by atoms with van der Waals surface area (Å²) >= 11 is 0.